The third kappa shape index (κ3) is 18.0. The number of nitrogens with zero attached hydrogens (tertiary/aromatic N) is 1. The highest BCUT2D eigenvalue weighted by Gasteiger charge is 2.21. The Balaban J connectivity index is 1.38. The predicted molar refractivity (Wildman–Crippen MR) is 219 cm³/mol. The number of allylic oxidation sites excluding steroid dienone is 1. The van der Waals surface area contributed by atoms with Crippen molar-refractivity contribution in [2.24, 2.45) is 0 Å². The molecule has 0 unspecified atom stereocenters. The summed E-state index contributed by atoms with van der Waals surface area (Å²) in [7, 11) is 0. The molecule has 3 aromatic carbocycles. The van der Waals surface area contributed by atoms with Crippen LogP contribution in [0.4, 0.5) is 5.69 Å². The van der Waals surface area contributed by atoms with E-state index in [9.17, 15) is 19.7 Å². The van der Waals surface area contributed by atoms with Crippen LogP contribution in [0.1, 0.15) is 169 Å². The zero-order valence-corrected chi connectivity index (χ0v) is 32.9. The average Bonchev–Trinajstić information content (AvgIpc) is 3.18. The van der Waals surface area contributed by atoms with Crippen molar-refractivity contribution < 1.29 is 28.7 Å². The zero-order chi connectivity index (χ0) is 38.6. The first-order chi connectivity index (χ1) is 26.4. The number of carbonyl (C=O) groups is 2. The minimum Gasteiger partial charge on any atom is -0.494 e. The Morgan fingerprint density at radius 2 is 1.00 bits per heavy atom. The van der Waals surface area contributed by atoms with Crippen LogP contribution in [-0.4, -0.2) is 29.9 Å². The summed E-state index contributed by atoms with van der Waals surface area (Å²) in [5.74, 6) is 0.0346. The number of benzene rings is 3. The van der Waals surface area contributed by atoms with E-state index in [0.29, 0.717) is 19.0 Å². The van der Waals surface area contributed by atoms with Gasteiger partial charge in [0.05, 0.1) is 23.7 Å². The summed E-state index contributed by atoms with van der Waals surface area (Å²) in [4.78, 5) is 37.0. The number of hydrogen-bond acceptors (Lipinski definition) is 7. The standard InChI is InChI=1S/C46H63NO7/c1-3-5-7-9-11-13-15-17-19-21-35-52-41-29-23-38(24-30-41)25-33-44(48)40-28-34-45(43(37-40)47(50)51)54-46(49)39-26-31-42(32-27-39)53-36-22-20-18-16-14-12-10-8-6-4-2/h23-34,37H,3-22,35-36H2,1-2H3/b33-25+. The van der Waals surface area contributed by atoms with Crippen molar-refractivity contribution in [2.45, 2.75) is 142 Å². The van der Waals surface area contributed by atoms with Gasteiger partial charge in [-0.2, -0.15) is 0 Å². The molecule has 0 atom stereocenters. The van der Waals surface area contributed by atoms with Crippen molar-refractivity contribution in [2.75, 3.05) is 13.2 Å². The molecule has 54 heavy (non-hydrogen) atoms. The van der Waals surface area contributed by atoms with Gasteiger partial charge in [-0.25, -0.2) is 4.79 Å². The lowest BCUT2D eigenvalue weighted by molar-refractivity contribution is -0.385. The van der Waals surface area contributed by atoms with Crippen LogP contribution in [0.25, 0.3) is 6.08 Å². The van der Waals surface area contributed by atoms with Gasteiger partial charge in [0.1, 0.15) is 11.5 Å². The van der Waals surface area contributed by atoms with Crippen molar-refractivity contribution in [1.29, 1.82) is 0 Å². The second-order valence-electron chi connectivity index (χ2n) is 14.2. The molecule has 0 fully saturated rings. The Hall–Kier alpha value is -4.46. The number of nitro benzene ring substituents is 1. The van der Waals surface area contributed by atoms with Crippen LogP contribution in [0.15, 0.2) is 72.8 Å². The van der Waals surface area contributed by atoms with Crippen molar-refractivity contribution in [3.05, 3.63) is 99.6 Å². The Morgan fingerprint density at radius 3 is 1.46 bits per heavy atom. The van der Waals surface area contributed by atoms with Crippen LogP contribution < -0.4 is 14.2 Å². The lowest BCUT2D eigenvalue weighted by atomic mass is 10.1. The van der Waals surface area contributed by atoms with Gasteiger partial charge in [0.25, 0.3) is 0 Å². The van der Waals surface area contributed by atoms with E-state index in [4.69, 9.17) is 14.2 Å². The predicted octanol–water partition coefficient (Wildman–Crippen LogP) is 13.3. The fourth-order valence-electron chi connectivity index (χ4n) is 6.25. The molecular formula is C46H63NO7. The van der Waals surface area contributed by atoms with Crippen molar-refractivity contribution in [1.82, 2.24) is 0 Å². The quantitative estimate of drug-likeness (QED) is 0.0127. The summed E-state index contributed by atoms with van der Waals surface area (Å²) in [6.07, 6.45) is 28.3. The highest BCUT2D eigenvalue weighted by molar-refractivity contribution is 6.07. The summed E-state index contributed by atoms with van der Waals surface area (Å²) in [6, 6.07) is 17.8. The number of rotatable bonds is 30. The SMILES string of the molecule is CCCCCCCCCCCCOc1ccc(/C=C/C(=O)c2ccc(OC(=O)c3ccc(OCCCCCCCCCCCC)cc3)c([N+](=O)[O-])c2)cc1. The van der Waals surface area contributed by atoms with Crippen LogP contribution in [0.2, 0.25) is 0 Å². The highest BCUT2D eigenvalue weighted by atomic mass is 16.6. The number of nitro groups is 1. The molecule has 0 aliphatic rings. The summed E-state index contributed by atoms with van der Waals surface area (Å²) in [6.45, 7) is 5.77. The molecule has 0 amide bonds. The Bertz CT molecular complexity index is 1530. The molecule has 3 rings (SSSR count). The monoisotopic (exact) mass is 741 g/mol. The van der Waals surface area contributed by atoms with E-state index in [1.807, 2.05) is 24.3 Å². The Kier molecular flexibility index (Phi) is 22.1. The van der Waals surface area contributed by atoms with Gasteiger partial charge in [-0.15, -0.1) is 0 Å². The lowest BCUT2D eigenvalue weighted by Crippen LogP contribution is -2.10. The van der Waals surface area contributed by atoms with E-state index in [-0.39, 0.29) is 16.9 Å². The van der Waals surface area contributed by atoms with Gasteiger partial charge in [-0.1, -0.05) is 148 Å². The zero-order valence-electron chi connectivity index (χ0n) is 32.9. The summed E-state index contributed by atoms with van der Waals surface area (Å²) in [5.41, 5.74) is 0.667. The van der Waals surface area contributed by atoms with E-state index >= 15 is 0 Å². The molecule has 0 aliphatic carbocycles. The van der Waals surface area contributed by atoms with Crippen LogP contribution >= 0.6 is 0 Å². The van der Waals surface area contributed by atoms with Gasteiger partial charge >= 0.3 is 11.7 Å². The molecule has 0 aromatic heterocycles. The molecule has 3 aromatic rings. The summed E-state index contributed by atoms with van der Waals surface area (Å²) in [5, 5.41) is 11.9. The third-order valence-corrected chi connectivity index (χ3v) is 9.57. The first-order valence-electron chi connectivity index (χ1n) is 20.6. The van der Waals surface area contributed by atoms with Gasteiger partial charge in [0, 0.05) is 11.6 Å². The molecule has 0 heterocycles. The van der Waals surface area contributed by atoms with Crippen molar-refractivity contribution in [3.8, 4) is 17.2 Å². The van der Waals surface area contributed by atoms with E-state index < -0.39 is 22.4 Å². The number of ketones is 1. The number of hydrogen-bond donors (Lipinski definition) is 0. The highest BCUT2D eigenvalue weighted by Crippen LogP contribution is 2.29. The fraction of sp³-hybridized carbons (Fsp3) is 0.522. The number of ether oxygens (including phenoxy) is 3. The molecule has 8 heteroatoms. The van der Waals surface area contributed by atoms with Crippen LogP contribution in [-0.2, 0) is 0 Å². The minimum atomic E-state index is -0.741. The summed E-state index contributed by atoms with van der Waals surface area (Å²) < 4.78 is 17.1. The largest absolute Gasteiger partial charge is 0.494 e. The smallest absolute Gasteiger partial charge is 0.343 e. The van der Waals surface area contributed by atoms with Crippen molar-refractivity contribution in [3.63, 3.8) is 0 Å². The Labute approximate surface area is 323 Å². The molecule has 0 aliphatic heterocycles. The van der Waals surface area contributed by atoms with E-state index in [1.54, 1.807) is 30.3 Å². The molecule has 8 nitrogen and oxygen atoms in total. The number of esters is 1. The maximum absolute atomic E-state index is 12.9. The molecule has 0 saturated heterocycles. The summed E-state index contributed by atoms with van der Waals surface area (Å²) >= 11 is 0. The van der Waals surface area contributed by atoms with Gasteiger partial charge in [-0.3, -0.25) is 14.9 Å². The van der Waals surface area contributed by atoms with Gasteiger partial charge < -0.3 is 14.2 Å². The van der Waals surface area contributed by atoms with E-state index in [0.717, 1.165) is 36.6 Å². The minimum absolute atomic E-state index is 0.109. The maximum Gasteiger partial charge on any atom is 0.343 e. The molecule has 0 bridgehead atoms. The van der Waals surface area contributed by atoms with Crippen molar-refractivity contribution >= 4 is 23.5 Å². The Morgan fingerprint density at radius 1 is 0.574 bits per heavy atom. The molecule has 0 saturated carbocycles. The number of unbranched alkanes of at least 4 members (excludes halogenated alkanes) is 18. The van der Waals surface area contributed by atoms with Gasteiger partial charge in [0.2, 0.25) is 5.75 Å². The molecular weight excluding hydrogens is 679 g/mol. The topological polar surface area (TPSA) is 105 Å². The molecule has 0 radical (unpaired) electrons. The third-order valence-electron chi connectivity index (χ3n) is 9.57. The normalized spacial score (nSPS) is 11.1. The maximum atomic E-state index is 12.9. The number of carbonyl (C=O) groups excluding carboxylic acids is 2. The second kappa shape index (κ2) is 27.2. The second-order valence-corrected chi connectivity index (χ2v) is 14.2. The molecule has 0 N–H and O–H groups in total. The van der Waals surface area contributed by atoms with E-state index in [2.05, 4.69) is 13.8 Å². The van der Waals surface area contributed by atoms with Gasteiger partial charge in [-0.05, 0) is 73.0 Å². The first kappa shape index (κ1) is 43.9. The van der Waals surface area contributed by atoms with Crippen LogP contribution in [0.3, 0.4) is 0 Å². The fourth-order valence-corrected chi connectivity index (χ4v) is 6.25. The first-order valence-corrected chi connectivity index (χ1v) is 20.6. The van der Waals surface area contributed by atoms with Crippen LogP contribution in [0.5, 0.6) is 17.2 Å². The molecule has 0 spiro atoms. The van der Waals surface area contributed by atoms with Crippen LogP contribution in [0, 0.1) is 10.1 Å². The lowest BCUT2D eigenvalue weighted by Gasteiger charge is -2.08. The molecule has 294 valence electrons. The average molecular weight is 742 g/mol. The van der Waals surface area contributed by atoms with Gasteiger partial charge in [0.15, 0.2) is 5.78 Å². The van der Waals surface area contributed by atoms with E-state index in [1.165, 1.54) is 127 Å².